The van der Waals surface area contributed by atoms with E-state index in [2.05, 4.69) is 15.2 Å². The summed E-state index contributed by atoms with van der Waals surface area (Å²) in [5.74, 6) is 2.03. The molecular formula is C26H37ClN8O4. The van der Waals surface area contributed by atoms with Crippen molar-refractivity contribution in [2.75, 3.05) is 57.7 Å². The number of rotatable bonds is 7. The molecule has 13 heteroatoms. The van der Waals surface area contributed by atoms with Gasteiger partial charge in [-0.3, -0.25) is 19.6 Å². The van der Waals surface area contributed by atoms with E-state index in [1.165, 1.54) is 22.0 Å². The average Bonchev–Trinajstić information content (AvgIpc) is 3.40. The highest BCUT2D eigenvalue weighted by Crippen LogP contribution is 2.51. The van der Waals surface area contributed by atoms with Crippen LogP contribution in [0.1, 0.15) is 12.5 Å². The van der Waals surface area contributed by atoms with E-state index in [-0.39, 0.29) is 24.1 Å². The van der Waals surface area contributed by atoms with Gasteiger partial charge in [-0.05, 0) is 55.0 Å². The van der Waals surface area contributed by atoms with Gasteiger partial charge in [0.2, 0.25) is 5.91 Å². The number of hydrogen-bond donors (Lipinski definition) is 4. The van der Waals surface area contributed by atoms with Gasteiger partial charge in [-0.15, -0.1) is 12.4 Å². The van der Waals surface area contributed by atoms with E-state index in [1.54, 1.807) is 17.2 Å². The third-order valence-electron chi connectivity index (χ3n) is 8.05. The van der Waals surface area contributed by atoms with E-state index >= 15 is 0 Å². The fraction of sp³-hybridized carbons (Fsp3) is 0.538. The Bertz CT molecular complexity index is 1230. The lowest BCUT2D eigenvalue weighted by Crippen LogP contribution is -2.60. The number of hydrogen-bond acceptors (Lipinski definition) is 8. The molecule has 0 spiro atoms. The first-order valence-corrected chi connectivity index (χ1v) is 13.1. The van der Waals surface area contributed by atoms with E-state index in [4.69, 9.17) is 11.5 Å². The van der Waals surface area contributed by atoms with Crippen LogP contribution < -0.4 is 22.5 Å². The number of nitrogens with zero attached hydrogens (tertiary/aromatic N) is 5. The third-order valence-corrected chi connectivity index (χ3v) is 8.05. The summed E-state index contributed by atoms with van der Waals surface area (Å²) >= 11 is 0. The van der Waals surface area contributed by atoms with Crippen molar-refractivity contribution in [1.82, 2.24) is 24.3 Å². The fourth-order valence-electron chi connectivity index (χ4n) is 5.63. The number of piperidine rings is 1. The Labute approximate surface area is 233 Å². The molecule has 6 N–H and O–H groups in total. The Morgan fingerprint density at radius 1 is 1.08 bits per heavy atom. The molecule has 3 aliphatic rings. The number of likely N-dealkylation sites (tertiary alicyclic amines) is 1. The summed E-state index contributed by atoms with van der Waals surface area (Å²) in [7, 11) is 0. The Morgan fingerprint density at radius 2 is 1.69 bits per heavy atom. The van der Waals surface area contributed by atoms with Gasteiger partial charge in [0.1, 0.15) is 11.4 Å². The number of carbonyl (C=O) groups is 2. The second kappa shape index (κ2) is 11.6. The SMILES string of the molecule is C[C@](N)(CO)C(=O)N1CCN(C(=O)Nc2ccn(-c3ccc(CN4CC5C(CN)C5C4)cc3)c(=O)n2)CC1.Cl. The van der Waals surface area contributed by atoms with Gasteiger partial charge in [0, 0.05) is 52.0 Å². The lowest BCUT2D eigenvalue weighted by Gasteiger charge is -2.37. The topological polar surface area (TPSA) is 163 Å². The highest BCUT2D eigenvalue weighted by atomic mass is 35.5. The predicted molar refractivity (Wildman–Crippen MR) is 149 cm³/mol. The Morgan fingerprint density at radius 3 is 2.26 bits per heavy atom. The molecular weight excluding hydrogens is 524 g/mol. The molecule has 212 valence electrons. The highest BCUT2D eigenvalue weighted by Gasteiger charge is 2.54. The molecule has 3 atom stereocenters. The molecule has 1 aromatic carbocycles. The highest BCUT2D eigenvalue weighted by molar-refractivity contribution is 5.89. The number of carbonyl (C=O) groups excluding carboxylic acids is 2. The Balaban J connectivity index is 0.00000353. The lowest BCUT2D eigenvalue weighted by molar-refractivity contribution is -0.139. The number of benzene rings is 1. The van der Waals surface area contributed by atoms with Crippen molar-refractivity contribution >= 4 is 30.2 Å². The zero-order valence-corrected chi connectivity index (χ0v) is 22.8. The van der Waals surface area contributed by atoms with Crippen LogP contribution in [0.15, 0.2) is 41.3 Å². The number of urea groups is 1. The van der Waals surface area contributed by atoms with E-state index in [0.29, 0.717) is 37.8 Å². The molecule has 3 heterocycles. The lowest BCUT2D eigenvalue weighted by atomic mass is 10.0. The number of aromatic nitrogens is 2. The quantitative estimate of drug-likeness (QED) is 0.358. The summed E-state index contributed by atoms with van der Waals surface area (Å²) in [6.45, 7) is 6.12. The van der Waals surface area contributed by atoms with E-state index < -0.39 is 23.9 Å². The molecule has 12 nitrogen and oxygen atoms in total. The molecule has 2 aromatic rings. The van der Waals surface area contributed by atoms with E-state index in [1.807, 2.05) is 24.3 Å². The predicted octanol–water partition coefficient (Wildman–Crippen LogP) is -0.323. The van der Waals surface area contributed by atoms with Crippen molar-refractivity contribution in [2.45, 2.75) is 19.0 Å². The van der Waals surface area contributed by atoms with E-state index in [0.717, 1.165) is 38.0 Å². The first-order valence-electron chi connectivity index (χ1n) is 13.1. The van der Waals surface area contributed by atoms with Gasteiger partial charge in [-0.1, -0.05) is 12.1 Å². The second-order valence-electron chi connectivity index (χ2n) is 10.8. The minimum absolute atomic E-state index is 0. The van der Waals surface area contributed by atoms with Gasteiger partial charge in [-0.25, -0.2) is 9.59 Å². The molecule has 0 bridgehead atoms. The molecule has 39 heavy (non-hydrogen) atoms. The van der Waals surface area contributed by atoms with Crippen LogP contribution in [0, 0.1) is 17.8 Å². The minimum Gasteiger partial charge on any atom is -0.394 e. The van der Waals surface area contributed by atoms with Crippen LogP contribution >= 0.6 is 12.4 Å². The zero-order chi connectivity index (χ0) is 27.0. The average molecular weight is 561 g/mol. The largest absolute Gasteiger partial charge is 0.394 e. The Kier molecular flexibility index (Phi) is 8.62. The van der Waals surface area contributed by atoms with Gasteiger partial charge >= 0.3 is 11.7 Å². The van der Waals surface area contributed by atoms with E-state index in [9.17, 15) is 19.5 Å². The van der Waals surface area contributed by atoms with Gasteiger partial charge in [-0.2, -0.15) is 4.98 Å². The van der Waals surface area contributed by atoms with Crippen LogP contribution in [0.4, 0.5) is 10.6 Å². The molecule has 3 amide bonds. The fourth-order valence-corrected chi connectivity index (χ4v) is 5.63. The molecule has 2 saturated heterocycles. The molecule has 1 aromatic heterocycles. The first kappa shape index (κ1) is 29.0. The van der Waals surface area contributed by atoms with Crippen LogP contribution in [0.3, 0.4) is 0 Å². The molecule has 2 aliphatic heterocycles. The summed E-state index contributed by atoms with van der Waals surface area (Å²) in [5, 5.41) is 12.0. The maximum Gasteiger partial charge on any atom is 0.354 e. The van der Waals surface area contributed by atoms with Crippen molar-refractivity contribution in [1.29, 1.82) is 0 Å². The number of piperazine rings is 1. The smallest absolute Gasteiger partial charge is 0.354 e. The maximum atomic E-state index is 12.7. The number of nitrogens with two attached hydrogens (primary N) is 2. The summed E-state index contributed by atoms with van der Waals surface area (Å²) < 4.78 is 1.44. The number of fused-ring (bicyclic) bond motifs is 1. The second-order valence-corrected chi connectivity index (χ2v) is 10.8. The molecule has 0 radical (unpaired) electrons. The van der Waals surface area contributed by atoms with Crippen molar-refractivity contribution in [3.05, 3.63) is 52.6 Å². The monoisotopic (exact) mass is 560 g/mol. The molecule has 5 rings (SSSR count). The third kappa shape index (κ3) is 6.10. The summed E-state index contributed by atoms with van der Waals surface area (Å²) in [4.78, 5) is 47.4. The van der Waals surface area contributed by atoms with Gasteiger partial charge in [0.05, 0.1) is 12.3 Å². The normalized spacial score (nSPS) is 23.9. The Hall–Kier alpha value is -3.03. The van der Waals surface area contributed by atoms with Crippen LogP contribution in [-0.2, 0) is 11.3 Å². The van der Waals surface area contributed by atoms with Gasteiger partial charge in [0.25, 0.3) is 0 Å². The number of anilines is 1. The van der Waals surface area contributed by atoms with Crippen LogP contribution in [0.2, 0.25) is 0 Å². The number of aliphatic hydroxyl groups excluding tert-OH is 1. The van der Waals surface area contributed by atoms with Crippen molar-refractivity contribution < 1.29 is 14.7 Å². The standard InChI is InChI=1S/C26H36N8O4.ClH/c1-26(28,16-35)23(36)32-8-10-33(11-9-32)24(37)29-22-6-7-34(25(38)30-22)18-4-2-17(3-5-18)13-31-14-20-19(12-27)21(20)15-31;/h2-7,19-21,35H,8-16,27-28H2,1H3,(H,29,30,37,38);1H/t19?,20?,21?,26-;/m0./s1. The van der Waals surface area contributed by atoms with Crippen LogP contribution in [0.25, 0.3) is 5.69 Å². The van der Waals surface area contributed by atoms with Crippen LogP contribution in [0.5, 0.6) is 0 Å². The van der Waals surface area contributed by atoms with Gasteiger partial charge < -0.3 is 26.4 Å². The molecule has 1 saturated carbocycles. The van der Waals surface area contributed by atoms with Crippen molar-refractivity contribution in [2.24, 2.45) is 29.2 Å². The maximum absolute atomic E-state index is 12.7. The first-order chi connectivity index (χ1) is 18.2. The summed E-state index contributed by atoms with van der Waals surface area (Å²) in [5.41, 5.74) is 11.7. The summed E-state index contributed by atoms with van der Waals surface area (Å²) in [6, 6.07) is 9.04. The van der Waals surface area contributed by atoms with Crippen molar-refractivity contribution in [3.8, 4) is 5.69 Å². The minimum atomic E-state index is -1.35. The summed E-state index contributed by atoms with van der Waals surface area (Å²) in [6.07, 6.45) is 1.59. The molecule has 1 aliphatic carbocycles. The van der Waals surface area contributed by atoms with Crippen molar-refractivity contribution in [3.63, 3.8) is 0 Å². The van der Waals surface area contributed by atoms with Gasteiger partial charge in [0.15, 0.2) is 0 Å². The number of nitrogens with one attached hydrogen (secondary N) is 1. The molecule has 3 fully saturated rings. The number of aliphatic hydroxyl groups is 1. The number of halogens is 1. The number of amides is 3. The molecule has 2 unspecified atom stereocenters. The van der Waals surface area contributed by atoms with Crippen LogP contribution in [-0.4, -0.2) is 99.3 Å². The zero-order valence-electron chi connectivity index (χ0n) is 22.0.